The molecular formula is C14H19F3N2O2. The summed E-state index contributed by atoms with van der Waals surface area (Å²) in [6.07, 6.45) is -4.98. The van der Waals surface area contributed by atoms with Crippen molar-refractivity contribution in [2.45, 2.75) is 18.6 Å². The lowest BCUT2D eigenvalue weighted by molar-refractivity contribution is -0.137. The third-order valence-electron chi connectivity index (χ3n) is 3.28. The van der Waals surface area contributed by atoms with E-state index in [0.29, 0.717) is 31.3 Å². The lowest BCUT2D eigenvalue weighted by Crippen LogP contribution is -2.32. The first-order chi connectivity index (χ1) is 9.85. The maximum atomic E-state index is 12.2. The van der Waals surface area contributed by atoms with E-state index < -0.39 is 12.6 Å². The molecule has 7 heteroatoms. The number of fused-ring (bicyclic) bond motifs is 1. The number of benzene rings is 1. The van der Waals surface area contributed by atoms with E-state index in [2.05, 4.69) is 0 Å². The average Bonchev–Trinajstić information content (AvgIpc) is 2.44. The van der Waals surface area contributed by atoms with Crippen LogP contribution in [0.5, 0.6) is 11.5 Å². The minimum atomic E-state index is -4.14. The van der Waals surface area contributed by atoms with Gasteiger partial charge in [-0.05, 0) is 24.7 Å². The summed E-state index contributed by atoms with van der Waals surface area (Å²) in [6, 6.07) is 5.01. The molecule has 1 heterocycles. The SMILES string of the molecule is CN(CCC(F)(F)F)CC(N)c1ccc2c(c1)OCCO2. The van der Waals surface area contributed by atoms with Crippen LogP contribution in [0.4, 0.5) is 13.2 Å². The quantitative estimate of drug-likeness (QED) is 0.907. The van der Waals surface area contributed by atoms with Crippen LogP contribution in [0.15, 0.2) is 18.2 Å². The van der Waals surface area contributed by atoms with Gasteiger partial charge in [-0.3, -0.25) is 0 Å². The molecule has 1 aliphatic rings. The minimum absolute atomic E-state index is 0.0677. The van der Waals surface area contributed by atoms with E-state index in [1.807, 2.05) is 6.07 Å². The lowest BCUT2D eigenvalue weighted by atomic mass is 10.1. The fourth-order valence-electron chi connectivity index (χ4n) is 2.14. The van der Waals surface area contributed by atoms with Crippen molar-refractivity contribution in [3.8, 4) is 11.5 Å². The van der Waals surface area contributed by atoms with Crippen LogP contribution in [-0.4, -0.2) is 44.4 Å². The number of likely N-dealkylation sites (N-methyl/N-ethyl adjacent to an activating group) is 1. The highest BCUT2D eigenvalue weighted by Gasteiger charge is 2.27. The van der Waals surface area contributed by atoms with Crippen molar-refractivity contribution >= 4 is 0 Å². The monoisotopic (exact) mass is 304 g/mol. The van der Waals surface area contributed by atoms with Crippen LogP contribution in [0.2, 0.25) is 0 Å². The van der Waals surface area contributed by atoms with Crippen molar-refractivity contribution in [2.24, 2.45) is 5.73 Å². The smallest absolute Gasteiger partial charge is 0.390 e. The number of rotatable bonds is 5. The maximum Gasteiger partial charge on any atom is 0.390 e. The average molecular weight is 304 g/mol. The molecule has 2 rings (SSSR count). The third-order valence-corrected chi connectivity index (χ3v) is 3.28. The largest absolute Gasteiger partial charge is 0.486 e. The number of hydrogen-bond acceptors (Lipinski definition) is 4. The van der Waals surface area contributed by atoms with Crippen LogP contribution in [0.3, 0.4) is 0 Å². The zero-order valence-corrected chi connectivity index (χ0v) is 11.8. The van der Waals surface area contributed by atoms with Crippen molar-refractivity contribution in [3.05, 3.63) is 23.8 Å². The van der Waals surface area contributed by atoms with Gasteiger partial charge in [-0.25, -0.2) is 0 Å². The summed E-state index contributed by atoms with van der Waals surface area (Å²) in [5.74, 6) is 1.30. The maximum absolute atomic E-state index is 12.2. The summed E-state index contributed by atoms with van der Waals surface area (Å²) in [6.45, 7) is 1.27. The summed E-state index contributed by atoms with van der Waals surface area (Å²) in [5, 5.41) is 0. The summed E-state index contributed by atoms with van der Waals surface area (Å²) in [4.78, 5) is 1.58. The highest BCUT2D eigenvalue weighted by Crippen LogP contribution is 2.32. The van der Waals surface area contributed by atoms with Crippen LogP contribution in [-0.2, 0) is 0 Å². The first-order valence-electron chi connectivity index (χ1n) is 6.75. The predicted octanol–water partition coefficient (Wildman–Crippen LogP) is 2.34. The zero-order chi connectivity index (χ0) is 15.5. The predicted molar refractivity (Wildman–Crippen MR) is 72.5 cm³/mol. The van der Waals surface area contributed by atoms with E-state index in [1.165, 1.54) is 0 Å². The fraction of sp³-hybridized carbons (Fsp3) is 0.571. The normalized spacial score (nSPS) is 16.1. The Bertz CT molecular complexity index is 480. The Balaban J connectivity index is 1.92. The molecule has 1 aromatic carbocycles. The van der Waals surface area contributed by atoms with Gasteiger partial charge in [0.25, 0.3) is 0 Å². The van der Waals surface area contributed by atoms with Gasteiger partial charge >= 0.3 is 6.18 Å². The number of hydrogen-bond donors (Lipinski definition) is 1. The molecule has 0 aliphatic carbocycles. The molecule has 4 nitrogen and oxygen atoms in total. The number of nitrogens with two attached hydrogens (primary N) is 1. The number of halogens is 3. The summed E-state index contributed by atoms with van der Waals surface area (Å²) in [7, 11) is 1.63. The van der Waals surface area contributed by atoms with Gasteiger partial charge in [-0.15, -0.1) is 0 Å². The molecule has 0 spiro atoms. The number of ether oxygens (including phenoxy) is 2. The van der Waals surface area contributed by atoms with E-state index in [4.69, 9.17) is 15.2 Å². The molecule has 118 valence electrons. The molecule has 1 aromatic rings. The van der Waals surface area contributed by atoms with Crippen molar-refractivity contribution in [3.63, 3.8) is 0 Å². The van der Waals surface area contributed by atoms with Crippen LogP contribution >= 0.6 is 0 Å². The molecule has 0 saturated carbocycles. The van der Waals surface area contributed by atoms with E-state index in [1.54, 1.807) is 24.1 Å². The van der Waals surface area contributed by atoms with E-state index in [-0.39, 0.29) is 12.6 Å². The summed E-state index contributed by atoms with van der Waals surface area (Å²) >= 11 is 0. The van der Waals surface area contributed by atoms with Gasteiger partial charge in [0.15, 0.2) is 11.5 Å². The Morgan fingerprint density at radius 3 is 2.57 bits per heavy atom. The van der Waals surface area contributed by atoms with Crippen molar-refractivity contribution < 1.29 is 22.6 Å². The van der Waals surface area contributed by atoms with E-state index in [0.717, 1.165) is 5.56 Å². The van der Waals surface area contributed by atoms with Gasteiger partial charge in [-0.2, -0.15) is 13.2 Å². The first-order valence-corrected chi connectivity index (χ1v) is 6.75. The molecule has 1 aliphatic heterocycles. The number of alkyl halides is 3. The Morgan fingerprint density at radius 2 is 1.90 bits per heavy atom. The molecular weight excluding hydrogens is 285 g/mol. The van der Waals surface area contributed by atoms with Crippen LogP contribution in [0.25, 0.3) is 0 Å². The molecule has 0 bridgehead atoms. The van der Waals surface area contributed by atoms with Crippen molar-refractivity contribution in [2.75, 3.05) is 33.4 Å². The molecule has 0 amide bonds. The molecule has 0 aromatic heterocycles. The second-order valence-electron chi connectivity index (χ2n) is 5.14. The molecule has 21 heavy (non-hydrogen) atoms. The third kappa shape index (κ3) is 4.78. The summed E-state index contributed by atoms with van der Waals surface area (Å²) in [5.41, 5.74) is 6.87. The lowest BCUT2D eigenvalue weighted by Gasteiger charge is -2.24. The Morgan fingerprint density at radius 1 is 1.24 bits per heavy atom. The topological polar surface area (TPSA) is 47.7 Å². The van der Waals surface area contributed by atoms with Gasteiger partial charge in [0.2, 0.25) is 0 Å². The number of nitrogens with zero attached hydrogens (tertiary/aromatic N) is 1. The Labute approximate surface area is 121 Å². The van der Waals surface area contributed by atoms with Crippen molar-refractivity contribution in [1.29, 1.82) is 0 Å². The second kappa shape index (κ2) is 6.53. The zero-order valence-electron chi connectivity index (χ0n) is 11.8. The molecule has 1 atom stereocenters. The Hall–Kier alpha value is -1.47. The molecule has 1 unspecified atom stereocenters. The molecule has 2 N–H and O–H groups in total. The van der Waals surface area contributed by atoms with Crippen LogP contribution in [0, 0.1) is 0 Å². The van der Waals surface area contributed by atoms with Gasteiger partial charge < -0.3 is 20.1 Å². The van der Waals surface area contributed by atoms with E-state index in [9.17, 15) is 13.2 Å². The van der Waals surface area contributed by atoms with E-state index >= 15 is 0 Å². The molecule has 0 saturated heterocycles. The molecule has 0 radical (unpaired) electrons. The van der Waals surface area contributed by atoms with Gasteiger partial charge in [0, 0.05) is 19.1 Å². The van der Waals surface area contributed by atoms with Gasteiger partial charge in [-0.1, -0.05) is 6.07 Å². The van der Waals surface area contributed by atoms with Crippen molar-refractivity contribution in [1.82, 2.24) is 4.90 Å². The Kier molecular flexibility index (Phi) is 4.95. The first kappa shape index (κ1) is 15.9. The van der Waals surface area contributed by atoms with Gasteiger partial charge in [0.05, 0.1) is 6.42 Å². The standard InChI is InChI=1S/C14H19F3N2O2/c1-19(5-4-14(15,16)17)9-11(18)10-2-3-12-13(8-10)21-7-6-20-12/h2-3,8,11H,4-7,9,18H2,1H3. The van der Waals surface area contributed by atoms with Crippen LogP contribution < -0.4 is 15.2 Å². The highest BCUT2D eigenvalue weighted by atomic mass is 19.4. The summed E-state index contributed by atoms with van der Waals surface area (Å²) < 4.78 is 47.4. The minimum Gasteiger partial charge on any atom is -0.486 e. The van der Waals surface area contributed by atoms with Crippen LogP contribution in [0.1, 0.15) is 18.0 Å². The molecule has 0 fully saturated rings. The van der Waals surface area contributed by atoms with Gasteiger partial charge in [0.1, 0.15) is 13.2 Å². The second-order valence-corrected chi connectivity index (χ2v) is 5.14. The fourth-order valence-corrected chi connectivity index (χ4v) is 2.14. The highest BCUT2D eigenvalue weighted by molar-refractivity contribution is 5.44.